The lowest BCUT2D eigenvalue weighted by Gasteiger charge is -1.95. The summed E-state index contributed by atoms with van der Waals surface area (Å²) in [7, 11) is 0. The first-order valence-corrected chi connectivity index (χ1v) is 7.09. The van der Waals surface area contributed by atoms with Gasteiger partial charge >= 0.3 is 11.9 Å². The van der Waals surface area contributed by atoms with E-state index in [0.717, 1.165) is 0 Å². The lowest BCUT2D eigenvalue weighted by atomic mass is 10.1. The first kappa shape index (κ1) is 20.2. The third kappa shape index (κ3) is 7.17. The normalized spacial score (nSPS) is 9.54. The van der Waals surface area contributed by atoms with Crippen molar-refractivity contribution in [3.8, 4) is 0 Å². The summed E-state index contributed by atoms with van der Waals surface area (Å²) in [6.07, 6.45) is -0.226. The van der Waals surface area contributed by atoms with E-state index >= 15 is 0 Å². The molecular formula is C16H14N2O8. The minimum atomic E-state index is -0.950. The van der Waals surface area contributed by atoms with Crippen LogP contribution >= 0.6 is 0 Å². The number of non-ortho nitro benzene ring substituents is 2. The molecule has 0 aliphatic heterocycles. The van der Waals surface area contributed by atoms with Gasteiger partial charge in [-0.25, -0.2) is 0 Å². The van der Waals surface area contributed by atoms with E-state index in [-0.39, 0.29) is 24.2 Å². The molecule has 2 aromatic carbocycles. The van der Waals surface area contributed by atoms with E-state index < -0.39 is 21.8 Å². The zero-order valence-electron chi connectivity index (χ0n) is 13.3. The van der Waals surface area contributed by atoms with Crippen LogP contribution in [-0.2, 0) is 22.4 Å². The number of carbonyl (C=O) groups is 2. The third-order valence-electron chi connectivity index (χ3n) is 3.01. The van der Waals surface area contributed by atoms with Gasteiger partial charge in [-0.2, -0.15) is 0 Å². The van der Waals surface area contributed by atoms with Crippen molar-refractivity contribution in [2.24, 2.45) is 0 Å². The zero-order valence-corrected chi connectivity index (χ0v) is 13.3. The molecule has 0 aliphatic rings. The number of carboxylic acids is 2. The van der Waals surface area contributed by atoms with E-state index in [2.05, 4.69) is 0 Å². The van der Waals surface area contributed by atoms with Gasteiger partial charge in [-0.3, -0.25) is 29.8 Å². The summed E-state index contributed by atoms with van der Waals surface area (Å²) in [6, 6.07) is 10.9. The van der Waals surface area contributed by atoms with Crippen molar-refractivity contribution in [2.75, 3.05) is 0 Å². The summed E-state index contributed by atoms with van der Waals surface area (Å²) in [4.78, 5) is 39.9. The molecule has 0 aliphatic carbocycles. The van der Waals surface area contributed by atoms with Gasteiger partial charge in [-0.15, -0.1) is 0 Å². The summed E-state index contributed by atoms with van der Waals surface area (Å²) >= 11 is 0. The summed E-state index contributed by atoms with van der Waals surface area (Å²) in [5.41, 5.74) is 1.04. The maximum Gasteiger partial charge on any atom is 0.307 e. The van der Waals surface area contributed by atoms with Crippen molar-refractivity contribution in [1.29, 1.82) is 0 Å². The van der Waals surface area contributed by atoms with Crippen LogP contribution in [0.2, 0.25) is 0 Å². The van der Waals surface area contributed by atoms with Gasteiger partial charge in [0.2, 0.25) is 0 Å². The number of carboxylic acid groups (broad SMARTS) is 2. The lowest BCUT2D eigenvalue weighted by molar-refractivity contribution is -0.385. The van der Waals surface area contributed by atoms with Gasteiger partial charge in [0.05, 0.1) is 22.7 Å². The van der Waals surface area contributed by atoms with Crippen molar-refractivity contribution in [3.05, 3.63) is 79.9 Å². The van der Waals surface area contributed by atoms with E-state index in [0.29, 0.717) is 11.1 Å². The first-order chi connectivity index (χ1) is 12.2. The number of nitrogens with zero attached hydrogens (tertiary/aromatic N) is 2. The molecule has 0 atom stereocenters. The number of benzene rings is 2. The Hall–Kier alpha value is -3.82. The molecule has 2 aromatic rings. The largest absolute Gasteiger partial charge is 0.481 e. The number of nitro groups is 2. The highest BCUT2D eigenvalue weighted by Gasteiger charge is 2.06. The fourth-order valence-electron chi connectivity index (χ4n) is 1.82. The Morgan fingerprint density at radius 2 is 0.962 bits per heavy atom. The summed E-state index contributed by atoms with van der Waals surface area (Å²) in [6.45, 7) is 0. The molecule has 0 radical (unpaired) electrons. The standard InChI is InChI=1S/2C8H7NO4/c2*10-8(11)5-6-1-3-7(4-2-6)9(12)13/h2*1-4H,5H2,(H,10,11). The van der Waals surface area contributed by atoms with E-state index in [9.17, 15) is 29.8 Å². The number of hydrogen-bond acceptors (Lipinski definition) is 6. The van der Waals surface area contributed by atoms with Gasteiger partial charge in [0.15, 0.2) is 0 Å². The van der Waals surface area contributed by atoms with Gasteiger partial charge in [0.25, 0.3) is 11.4 Å². The molecular weight excluding hydrogens is 348 g/mol. The van der Waals surface area contributed by atoms with Gasteiger partial charge in [0.1, 0.15) is 0 Å². The van der Waals surface area contributed by atoms with Crippen LogP contribution in [0, 0.1) is 20.2 Å². The smallest absolute Gasteiger partial charge is 0.307 e. The topological polar surface area (TPSA) is 161 Å². The van der Waals surface area contributed by atoms with Crippen LogP contribution in [0.15, 0.2) is 48.5 Å². The fourth-order valence-corrected chi connectivity index (χ4v) is 1.82. The van der Waals surface area contributed by atoms with Crippen LogP contribution in [0.3, 0.4) is 0 Å². The Labute approximate surface area is 146 Å². The molecule has 2 N–H and O–H groups in total. The minimum absolute atomic E-state index is 0.0332. The highest BCUT2D eigenvalue weighted by Crippen LogP contribution is 2.12. The summed E-state index contributed by atoms with van der Waals surface area (Å²) < 4.78 is 0. The molecule has 10 heteroatoms. The monoisotopic (exact) mass is 362 g/mol. The zero-order chi connectivity index (χ0) is 19.7. The first-order valence-electron chi connectivity index (χ1n) is 7.09. The molecule has 26 heavy (non-hydrogen) atoms. The van der Waals surface area contributed by atoms with Gasteiger partial charge < -0.3 is 10.2 Å². The van der Waals surface area contributed by atoms with E-state index in [4.69, 9.17) is 10.2 Å². The Morgan fingerprint density at radius 1 is 0.692 bits per heavy atom. The second-order valence-electron chi connectivity index (χ2n) is 4.99. The molecule has 0 amide bonds. The Kier molecular flexibility index (Phi) is 7.37. The molecule has 0 aromatic heterocycles. The van der Waals surface area contributed by atoms with Crippen LogP contribution < -0.4 is 0 Å². The predicted molar refractivity (Wildman–Crippen MR) is 88.9 cm³/mol. The second-order valence-corrected chi connectivity index (χ2v) is 4.99. The van der Waals surface area contributed by atoms with Crippen molar-refractivity contribution in [2.45, 2.75) is 12.8 Å². The van der Waals surface area contributed by atoms with Crippen LogP contribution in [0.5, 0.6) is 0 Å². The number of hydrogen-bond donors (Lipinski definition) is 2. The molecule has 0 fully saturated rings. The van der Waals surface area contributed by atoms with Crippen molar-refractivity contribution in [3.63, 3.8) is 0 Å². The summed E-state index contributed by atoms with van der Waals surface area (Å²) in [5, 5.41) is 37.3. The van der Waals surface area contributed by atoms with Crippen LogP contribution in [0.1, 0.15) is 11.1 Å². The van der Waals surface area contributed by atoms with Crippen molar-refractivity contribution in [1.82, 2.24) is 0 Å². The van der Waals surface area contributed by atoms with Crippen LogP contribution in [-0.4, -0.2) is 32.0 Å². The molecule has 10 nitrogen and oxygen atoms in total. The van der Waals surface area contributed by atoms with Gasteiger partial charge in [-0.05, 0) is 11.1 Å². The van der Waals surface area contributed by atoms with Crippen LogP contribution in [0.25, 0.3) is 0 Å². The molecule has 0 spiro atoms. The average Bonchev–Trinajstić information content (AvgIpc) is 2.55. The maximum atomic E-state index is 10.3. The molecule has 2 rings (SSSR count). The van der Waals surface area contributed by atoms with E-state index in [1.165, 1.54) is 48.5 Å². The van der Waals surface area contributed by atoms with Crippen molar-refractivity contribution < 1.29 is 29.6 Å². The Bertz CT molecular complexity index is 731. The molecule has 0 saturated heterocycles. The molecule has 0 unspecified atom stereocenters. The van der Waals surface area contributed by atoms with Gasteiger partial charge in [0, 0.05) is 24.3 Å². The van der Waals surface area contributed by atoms with Crippen LogP contribution in [0.4, 0.5) is 11.4 Å². The molecule has 0 saturated carbocycles. The second kappa shape index (κ2) is 9.47. The predicted octanol–water partition coefficient (Wildman–Crippen LogP) is 2.44. The summed E-state index contributed by atoms with van der Waals surface area (Å²) in [5.74, 6) is -1.90. The van der Waals surface area contributed by atoms with Gasteiger partial charge in [-0.1, -0.05) is 24.3 Å². The maximum absolute atomic E-state index is 10.3. The quantitative estimate of drug-likeness (QED) is 0.585. The number of nitro benzene ring substituents is 2. The molecule has 136 valence electrons. The number of aliphatic carboxylic acids is 2. The minimum Gasteiger partial charge on any atom is -0.481 e. The molecule has 0 heterocycles. The SMILES string of the molecule is O=C(O)Cc1ccc([N+](=O)[O-])cc1.O=C(O)Cc1ccc([N+](=O)[O-])cc1. The van der Waals surface area contributed by atoms with E-state index in [1.807, 2.05) is 0 Å². The number of rotatable bonds is 6. The highest BCUT2D eigenvalue weighted by atomic mass is 16.6. The third-order valence-corrected chi connectivity index (χ3v) is 3.01. The molecule has 0 bridgehead atoms. The average molecular weight is 362 g/mol. The van der Waals surface area contributed by atoms with E-state index in [1.54, 1.807) is 0 Å². The fraction of sp³-hybridized carbons (Fsp3) is 0.125. The Balaban J connectivity index is 0.000000260. The van der Waals surface area contributed by atoms with Crippen molar-refractivity contribution >= 4 is 23.3 Å². The highest BCUT2D eigenvalue weighted by molar-refractivity contribution is 5.70. The lowest BCUT2D eigenvalue weighted by Crippen LogP contribution is -1.99. The Morgan fingerprint density at radius 3 is 1.15 bits per heavy atom.